The highest BCUT2D eigenvalue weighted by Gasteiger charge is 2.35. The number of aromatic nitrogens is 1. The number of H-pyrrole nitrogens is 1. The Kier molecular flexibility index (Phi) is 3.98. The lowest BCUT2D eigenvalue weighted by molar-refractivity contribution is -0.113. The Morgan fingerprint density at radius 3 is 2.80 bits per heavy atom. The predicted molar refractivity (Wildman–Crippen MR) is 98.9 cm³/mol. The van der Waals surface area contributed by atoms with Crippen LogP contribution in [0.2, 0.25) is 0 Å². The van der Waals surface area contributed by atoms with Crippen molar-refractivity contribution in [2.45, 2.75) is 32.9 Å². The summed E-state index contributed by atoms with van der Waals surface area (Å²) in [6.07, 6.45) is 3.23. The van der Waals surface area contributed by atoms with E-state index in [4.69, 9.17) is 0 Å². The molecule has 0 bridgehead atoms. The first-order chi connectivity index (χ1) is 12.0. The van der Waals surface area contributed by atoms with Crippen molar-refractivity contribution in [1.29, 1.82) is 0 Å². The van der Waals surface area contributed by atoms with E-state index in [-0.39, 0.29) is 5.91 Å². The second kappa shape index (κ2) is 6.17. The summed E-state index contributed by atoms with van der Waals surface area (Å²) in [7, 11) is 0. The summed E-state index contributed by atoms with van der Waals surface area (Å²) >= 11 is 0. The first-order valence-electron chi connectivity index (χ1n) is 8.76. The highest BCUT2D eigenvalue weighted by atomic mass is 16.3. The maximum Gasteiger partial charge on any atom is 0.260 e. The van der Waals surface area contributed by atoms with Gasteiger partial charge >= 0.3 is 0 Å². The number of para-hydroxylation sites is 1. The molecule has 1 aromatic heterocycles. The number of fused-ring (bicyclic) bond motifs is 1. The van der Waals surface area contributed by atoms with E-state index in [0.29, 0.717) is 12.2 Å². The fourth-order valence-electron chi connectivity index (χ4n) is 3.79. The molecule has 1 fully saturated rings. The number of aryl methyl sites for hydroxylation is 2. The van der Waals surface area contributed by atoms with Gasteiger partial charge in [0.2, 0.25) is 0 Å². The van der Waals surface area contributed by atoms with Crippen LogP contribution in [0.4, 0.5) is 5.69 Å². The molecule has 1 atom stereocenters. The van der Waals surface area contributed by atoms with Crippen LogP contribution in [-0.4, -0.2) is 40.3 Å². The molecule has 1 aromatic carbocycles. The Balaban J connectivity index is 1.72. The summed E-state index contributed by atoms with van der Waals surface area (Å²) in [5.41, 5.74) is 5.75. The van der Waals surface area contributed by atoms with Crippen LogP contribution in [0.25, 0.3) is 11.6 Å². The Hall–Kier alpha value is -2.37. The van der Waals surface area contributed by atoms with Gasteiger partial charge in [-0.05, 0) is 50.5 Å². The summed E-state index contributed by atoms with van der Waals surface area (Å²) in [6.45, 7) is 5.30. The molecular formula is C20H23N3O2. The molecule has 130 valence electrons. The lowest BCUT2D eigenvalue weighted by Crippen LogP contribution is -2.42. The number of hydrogen-bond acceptors (Lipinski definition) is 3. The average molecular weight is 337 g/mol. The Labute approximate surface area is 147 Å². The third kappa shape index (κ3) is 2.79. The van der Waals surface area contributed by atoms with Gasteiger partial charge in [-0.15, -0.1) is 0 Å². The van der Waals surface area contributed by atoms with Crippen LogP contribution in [0, 0.1) is 13.8 Å². The van der Waals surface area contributed by atoms with Gasteiger partial charge in [-0.3, -0.25) is 14.6 Å². The second-order valence-corrected chi connectivity index (χ2v) is 6.93. The van der Waals surface area contributed by atoms with E-state index in [1.165, 1.54) is 0 Å². The minimum Gasteiger partial charge on any atom is -0.378 e. The molecule has 2 N–H and O–H groups in total. The second-order valence-electron chi connectivity index (χ2n) is 6.93. The van der Waals surface area contributed by atoms with Crippen LogP contribution in [0.1, 0.15) is 35.4 Å². The van der Waals surface area contributed by atoms with Gasteiger partial charge in [0.25, 0.3) is 5.91 Å². The molecule has 2 aliphatic heterocycles. The smallest absolute Gasteiger partial charge is 0.260 e. The Morgan fingerprint density at radius 2 is 2.12 bits per heavy atom. The molecule has 5 nitrogen and oxygen atoms in total. The van der Waals surface area contributed by atoms with Gasteiger partial charge in [0.05, 0.1) is 17.9 Å². The topological polar surface area (TPSA) is 59.6 Å². The zero-order chi connectivity index (χ0) is 17.6. The van der Waals surface area contributed by atoms with Gasteiger partial charge in [0, 0.05) is 23.5 Å². The SMILES string of the molecule is Cc1cc(C)c(/C=C2\C(=O)N(CN3CCCC3O)c3ccccc32)[nH]1. The Morgan fingerprint density at radius 1 is 1.32 bits per heavy atom. The van der Waals surface area contributed by atoms with E-state index >= 15 is 0 Å². The summed E-state index contributed by atoms with van der Waals surface area (Å²) in [4.78, 5) is 20.2. The quantitative estimate of drug-likeness (QED) is 0.847. The van der Waals surface area contributed by atoms with Crippen molar-refractivity contribution >= 4 is 23.2 Å². The molecule has 1 amide bonds. The monoisotopic (exact) mass is 337 g/mol. The number of carbonyl (C=O) groups excluding carboxylic acids is 1. The van der Waals surface area contributed by atoms with E-state index in [1.807, 2.05) is 49.1 Å². The normalized spacial score (nSPS) is 22.2. The lowest BCUT2D eigenvalue weighted by Gasteiger charge is -2.26. The molecule has 5 heteroatoms. The number of amides is 1. The van der Waals surface area contributed by atoms with E-state index in [2.05, 4.69) is 11.1 Å². The third-order valence-electron chi connectivity index (χ3n) is 5.09. The number of nitrogens with one attached hydrogen (secondary N) is 1. The summed E-state index contributed by atoms with van der Waals surface area (Å²) in [6, 6.07) is 9.96. The standard InChI is InChI=1S/C20H23N3O2/c1-13-10-14(2)21-17(13)11-16-15-6-3-4-7-18(15)23(20(16)25)12-22-9-5-8-19(22)24/h3-4,6-7,10-11,19,21,24H,5,8-9,12H2,1-2H3/b16-11-. The number of aliphatic hydroxyl groups is 1. The van der Waals surface area contributed by atoms with Crippen LogP contribution in [0.15, 0.2) is 30.3 Å². The molecule has 1 saturated heterocycles. The first kappa shape index (κ1) is 16.1. The van der Waals surface area contributed by atoms with Gasteiger partial charge in [-0.2, -0.15) is 0 Å². The molecule has 0 radical (unpaired) electrons. The van der Waals surface area contributed by atoms with Crippen molar-refractivity contribution < 1.29 is 9.90 Å². The number of nitrogens with zero attached hydrogens (tertiary/aromatic N) is 2. The highest BCUT2D eigenvalue weighted by molar-refractivity contribution is 6.35. The van der Waals surface area contributed by atoms with Crippen LogP contribution in [0.3, 0.4) is 0 Å². The minimum atomic E-state index is -0.457. The predicted octanol–water partition coefficient (Wildman–Crippen LogP) is 2.89. The van der Waals surface area contributed by atoms with Gasteiger partial charge < -0.3 is 10.1 Å². The van der Waals surface area contributed by atoms with E-state index < -0.39 is 6.23 Å². The van der Waals surface area contributed by atoms with E-state index in [1.54, 1.807) is 4.90 Å². The zero-order valence-corrected chi connectivity index (χ0v) is 14.6. The fraction of sp³-hybridized carbons (Fsp3) is 0.350. The van der Waals surface area contributed by atoms with Crippen LogP contribution in [-0.2, 0) is 4.79 Å². The molecule has 25 heavy (non-hydrogen) atoms. The van der Waals surface area contributed by atoms with Crippen molar-refractivity contribution in [3.8, 4) is 0 Å². The van der Waals surface area contributed by atoms with Crippen molar-refractivity contribution in [1.82, 2.24) is 9.88 Å². The molecule has 0 spiro atoms. The number of likely N-dealkylation sites (tertiary alicyclic amines) is 1. The van der Waals surface area contributed by atoms with E-state index in [9.17, 15) is 9.90 Å². The maximum absolute atomic E-state index is 13.1. The molecule has 1 unspecified atom stereocenters. The van der Waals surface area contributed by atoms with Crippen LogP contribution >= 0.6 is 0 Å². The Bertz CT molecular complexity index is 852. The zero-order valence-electron chi connectivity index (χ0n) is 14.6. The molecule has 4 rings (SSSR count). The lowest BCUT2D eigenvalue weighted by atomic mass is 10.1. The number of anilines is 1. The van der Waals surface area contributed by atoms with Gasteiger partial charge in [-0.25, -0.2) is 0 Å². The maximum atomic E-state index is 13.1. The number of aliphatic hydroxyl groups excluding tert-OH is 1. The molecule has 2 aromatic rings. The van der Waals surface area contributed by atoms with Crippen molar-refractivity contribution in [3.63, 3.8) is 0 Å². The third-order valence-corrected chi connectivity index (χ3v) is 5.09. The van der Waals surface area contributed by atoms with Gasteiger partial charge in [-0.1, -0.05) is 18.2 Å². The highest BCUT2D eigenvalue weighted by Crippen LogP contribution is 2.38. The summed E-state index contributed by atoms with van der Waals surface area (Å²) < 4.78 is 0. The summed E-state index contributed by atoms with van der Waals surface area (Å²) in [5, 5.41) is 10.1. The van der Waals surface area contributed by atoms with Gasteiger partial charge in [0.1, 0.15) is 6.23 Å². The number of benzene rings is 1. The van der Waals surface area contributed by atoms with Crippen molar-refractivity contribution in [3.05, 3.63) is 52.8 Å². The molecule has 2 aliphatic rings. The number of rotatable bonds is 3. The van der Waals surface area contributed by atoms with Gasteiger partial charge in [0.15, 0.2) is 0 Å². The fourth-order valence-corrected chi connectivity index (χ4v) is 3.79. The molecular weight excluding hydrogens is 314 g/mol. The summed E-state index contributed by atoms with van der Waals surface area (Å²) in [5.74, 6) is -0.00745. The van der Waals surface area contributed by atoms with Crippen LogP contribution in [0.5, 0.6) is 0 Å². The van der Waals surface area contributed by atoms with Crippen LogP contribution < -0.4 is 4.90 Å². The number of carbonyl (C=O) groups is 1. The number of hydrogen-bond donors (Lipinski definition) is 2. The minimum absolute atomic E-state index is 0.00745. The number of aromatic amines is 1. The van der Waals surface area contributed by atoms with Crippen molar-refractivity contribution in [2.24, 2.45) is 0 Å². The largest absolute Gasteiger partial charge is 0.378 e. The molecule has 3 heterocycles. The van der Waals surface area contributed by atoms with E-state index in [0.717, 1.165) is 47.6 Å². The molecule has 0 aliphatic carbocycles. The first-order valence-corrected chi connectivity index (χ1v) is 8.76. The molecule has 0 saturated carbocycles. The average Bonchev–Trinajstić information content (AvgIpc) is 3.21. The van der Waals surface area contributed by atoms with Crippen molar-refractivity contribution in [2.75, 3.05) is 18.1 Å².